The van der Waals surface area contributed by atoms with Crippen molar-refractivity contribution in [3.63, 3.8) is 0 Å². The van der Waals surface area contributed by atoms with E-state index in [-0.39, 0.29) is 22.6 Å². The van der Waals surface area contributed by atoms with Crippen LogP contribution < -0.4 is 4.74 Å². The Balaban J connectivity index is 1.06. The summed E-state index contributed by atoms with van der Waals surface area (Å²) in [6.45, 7) is 6.74. The lowest BCUT2D eigenvalue weighted by Crippen LogP contribution is -2.43. The molecule has 1 aliphatic heterocycles. The van der Waals surface area contributed by atoms with Gasteiger partial charge in [-0.15, -0.1) is 0 Å². The van der Waals surface area contributed by atoms with Crippen LogP contribution in [0.5, 0.6) is 5.75 Å². The first-order chi connectivity index (χ1) is 19.1. The smallest absolute Gasteiger partial charge is 0.260 e. The Kier molecular flexibility index (Phi) is 6.64. The standard InChI is InChI=1S/C32H36N2O5S/c1-22-27(33-30(39-22)24-11-5-4-6-12-24)16-18-38-26-13-7-9-23(19-26)10-8-14-29(35)34-28-20-25-15-17-32(28,31(25,2)3)21-40(34,36)37/h4-9,11-14,19,25,28H,10,15-18,20-21H2,1-3H3/b14-8+/t25?,28-,32-/m1/s1. The lowest BCUT2D eigenvalue weighted by molar-refractivity contribution is -0.124. The van der Waals surface area contributed by atoms with Gasteiger partial charge in [0, 0.05) is 23.5 Å². The maximum Gasteiger partial charge on any atom is 0.260 e. The highest BCUT2D eigenvalue weighted by Gasteiger charge is 2.72. The number of rotatable bonds is 8. The second-order valence-corrected chi connectivity index (χ2v) is 13.8. The van der Waals surface area contributed by atoms with Gasteiger partial charge in [-0.25, -0.2) is 17.7 Å². The van der Waals surface area contributed by atoms with Gasteiger partial charge < -0.3 is 9.15 Å². The maximum atomic E-state index is 13.2. The number of benzene rings is 2. The van der Waals surface area contributed by atoms with Crippen LogP contribution in [-0.2, 0) is 27.7 Å². The summed E-state index contributed by atoms with van der Waals surface area (Å²) in [4.78, 5) is 17.8. The molecule has 1 amide bonds. The van der Waals surface area contributed by atoms with Crippen LogP contribution in [0.15, 0.2) is 71.2 Å². The molecule has 2 aliphatic carbocycles. The highest BCUT2D eigenvalue weighted by Crippen LogP contribution is 2.69. The number of amides is 1. The van der Waals surface area contributed by atoms with E-state index in [0.29, 0.717) is 31.3 Å². The summed E-state index contributed by atoms with van der Waals surface area (Å²) >= 11 is 0. The number of aryl methyl sites for hydroxylation is 1. The molecule has 2 heterocycles. The van der Waals surface area contributed by atoms with Crippen molar-refractivity contribution in [2.24, 2.45) is 16.7 Å². The zero-order valence-electron chi connectivity index (χ0n) is 23.3. The van der Waals surface area contributed by atoms with Crippen LogP contribution in [0.1, 0.15) is 50.1 Å². The zero-order valence-corrected chi connectivity index (χ0v) is 24.1. The summed E-state index contributed by atoms with van der Waals surface area (Å²) in [5, 5.41) is 0. The highest BCUT2D eigenvalue weighted by atomic mass is 32.2. The van der Waals surface area contributed by atoms with Crippen molar-refractivity contribution in [1.82, 2.24) is 9.29 Å². The average Bonchev–Trinajstić information content (AvgIpc) is 3.55. The number of sulfonamides is 1. The minimum atomic E-state index is -3.61. The Labute approximate surface area is 236 Å². The largest absolute Gasteiger partial charge is 0.493 e. The fraction of sp³-hybridized carbons (Fsp3) is 0.438. The van der Waals surface area contributed by atoms with Crippen molar-refractivity contribution in [3.05, 3.63) is 83.8 Å². The number of nitrogens with zero attached hydrogens (tertiary/aromatic N) is 2. The average molecular weight is 561 g/mol. The molecular weight excluding hydrogens is 524 g/mol. The molecule has 2 saturated carbocycles. The number of hydrogen-bond donors (Lipinski definition) is 0. The molecule has 1 unspecified atom stereocenters. The Morgan fingerprint density at radius 1 is 1.18 bits per heavy atom. The van der Waals surface area contributed by atoms with Crippen molar-refractivity contribution in [3.8, 4) is 17.2 Å². The second-order valence-electron chi connectivity index (χ2n) is 12.0. The quantitative estimate of drug-likeness (QED) is 0.327. The van der Waals surface area contributed by atoms with E-state index in [1.165, 1.54) is 10.4 Å². The van der Waals surface area contributed by atoms with Gasteiger partial charge in [-0.05, 0) is 73.8 Å². The van der Waals surface area contributed by atoms with E-state index in [1.54, 1.807) is 6.08 Å². The summed E-state index contributed by atoms with van der Waals surface area (Å²) in [6.07, 6.45) is 7.04. The van der Waals surface area contributed by atoms with Crippen molar-refractivity contribution >= 4 is 15.9 Å². The van der Waals surface area contributed by atoms with Crippen LogP contribution in [0, 0.1) is 23.7 Å². The summed E-state index contributed by atoms with van der Waals surface area (Å²) in [7, 11) is -3.61. The normalized spacial score (nSPS) is 25.9. The Morgan fingerprint density at radius 2 is 1.98 bits per heavy atom. The minimum Gasteiger partial charge on any atom is -0.493 e. The number of oxazole rings is 1. The fourth-order valence-electron chi connectivity index (χ4n) is 7.34. The molecule has 1 aromatic heterocycles. The van der Waals surface area contributed by atoms with Gasteiger partial charge in [0.2, 0.25) is 15.9 Å². The van der Waals surface area contributed by atoms with Gasteiger partial charge in [0.1, 0.15) is 11.5 Å². The van der Waals surface area contributed by atoms with Gasteiger partial charge in [0.15, 0.2) is 0 Å². The predicted octanol–water partition coefficient (Wildman–Crippen LogP) is 5.74. The van der Waals surface area contributed by atoms with Crippen LogP contribution in [0.3, 0.4) is 0 Å². The van der Waals surface area contributed by atoms with Gasteiger partial charge >= 0.3 is 0 Å². The van der Waals surface area contributed by atoms with E-state index >= 15 is 0 Å². The monoisotopic (exact) mass is 560 g/mol. The third-order valence-electron chi connectivity index (χ3n) is 9.66. The zero-order chi connectivity index (χ0) is 28.1. The van der Waals surface area contributed by atoms with Crippen molar-refractivity contribution < 1.29 is 22.4 Å². The van der Waals surface area contributed by atoms with Gasteiger partial charge in [-0.2, -0.15) is 0 Å². The molecule has 2 aromatic carbocycles. The van der Waals surface area contributed by atoms with Crippen LogP contribution >= 0.6 is 0 Å². The molecule has 8 heteroatoms. The summed E-state index contributed by atoms with van der Waals surface area (Å²) in [5.41, 5.74) is 2.43. The van der Waals surface area contributed by atoms with Crippen LogP contribution in [0.25, 0.3) is 11.5 Å². The molecule has 3 aromatic rings. The van der Waals surface area contributed by atoms with Crippen LogP contribution in [0.4, 0.5) is 0 Å². The first-order valence-corrected chi connectivity index (χ1v) is 15.7. The molecule has 1 spiro atoms. The molecule has 3 atom stereocenters. The first kappa shape index (κ1) is 26.8. The molecule has 1 saturated heterocycles. The number of ether oxygens (including phenoxy) is 1. The molecule has 7 nitrogen and oxygen atoms in total. The summed E-state index contributed by atoms with van der Waals surface area (Å²) < 4.78 is 39.3. The molecule has 210 valence electrons. The van der Waals surface area contributed by atoms with E-state index in [1.807, 2.05) is 61.5 Å². The molecule has 6 rings (SSSR count). The van der Waals surface area contributed by atoms with E-state index in [4.69, 9.17) is 9.15 Å². The predicted molar refractivity (Wildman–Crippen MR) is 153 cm³/mol. The Hall–Kier alpha value is -3.39. The highest BCUT2D eigenvalue weighted by molar-refractivity contribution is 7.90. The van der Waals surface area contributed by atoms with Crippen molar-refractivity contribution in [2.45, 2.75) is 58.9 Å². The number of hydrogen-bond acceptors (Lipinski definition) is 6. The van der Waals surface area contributed by atoms with Crippen LogP contribution in [0.2, 0.25) is 0 Å². The van der Waals surface area contributed by atoms with E-state index < -0.39 is 15.9 Å². The number of carbonyl (C=O) groups excluding carboxylic acids is 1. The lowest BCUT2D eigenvalue weighted by Gasteiger charge is -2.36. The fourth-order valence-corrected chi connectivity index (χ4v) is 9.85. The topological polar surface area (TPSA) is 89.7 Å². The maximum absolute atomic E-state index is 13.2. The van der Waals surface area contributed by atoms with E-state index in [0.717, 1.165) is 47.6 Å². The molecule has 40 heavy (non-hydrogen) atoms. The van der Waals surface area contributed by atoms with Crippen molar-refractivity contribution in [2.75, 3.05) is 12.4 Å². The van der Waals surface area contributed by atoms with Gasteiger partial charge in [-0.3, -0.25) is 4.79 Å². The van der Waals surface area contributed by atoms with Crippen LogP contribution in [-0.4, -0.2) is 42.0 Å². The molecule has 0 N–H and O–H groups in total. The lowest BCUT2D eigenvalue weighted by atomic mass is 9.69. The number of carbonyl (C=O) groups is 1. The SMILES string of the molecule is Cc1oc(-c2ccccc2)nc1CCOc1cccc(C/C=C/C(=O)N2[C@@H]3CC4CC[C@]3(CS2(=O)=O)C4(C)C)c1. The second kappa shape index (κ2) is 9.91. The third-order valence-corrected chi connectivity index (χ3v) is 11.6. The molecule has 3 fully saturated rings. The third kappa shape index (κ3) is 4.46. The molecular formula is C32H36N2O5S. The molecule has 2 bridgehead atoms. The van der Waals surface area contributed by atoms with Gasteiger partial charge in [0.25, 0.3) is 5.91 Å². The van der Waals surface area contributed by atoms with Gasteiger partial charge in [0.05, 0.1) is 24.1 Å². The molecule has 0 radical (unpaired) electrons. The number of allylic oxidation sites excluding steroid dienone is 1. The summed E-state index contributed by atoms with van der Waals surface area (Å²) in [6, 6.07) is 17.3. The number of aromatic nitrogens is 1. The van der Waals surface area contributed by atoms with E-state index in [9.17, 15) is 13.2 Å². The minimum absolute atomic E-state index is 0.0551. The van der Waals surface area contributed by atoms with Crippen molar-refractivity contribution in [1.29, 1.82) is 0 Å². The van der Waals surface area contributed by atoms with E-state index in [2.05, 4.69) is 18.8 Å². The first-order valence-electron chi connectivity index (χ1n) is 14.1. The Morgan fingerprint density at radius 3 is 2.75 bits per heavy atom. The number of fused-ring (bicyclic) bond motifs is 1. The van der Waals surface area contributed by atoms with Gasteiger partial charge in [-0.1, -0.05) is 50.3 Å². The Bertz CT molecular complexity index is 1560. The summed E-state index contributed by atoms with van der Waals surface area (Å²) in [5.74, 6) is 2.28. The molecule has 3 aliphatic rings.